The van der Waals surface area contributed by atoms with Crippen molar-refractivity contribution in [2.24, 2.45) is 5.92 Å². The van der Waals surface area contributed by atoms with Gasteiger partial charge in [-0.2, -0.15) is 0 Å². The molecule has 0 heterocycles. The Morgan fingerprint density at radius 1 is 1.08 bits per heavy atom. The first kappa shape index (κ1) is 19.0. The van der Waals surface area contributed by atoms with E-state index in [0.29, 0.717) is 13.2 Å². The van der Waals surface area contributed by atoms with E-state index < -0.39 is 12.0 Å². The number of rotatable bonds is 10. The summed E-state index contributed by atoms with van der Waals surface area (Å²) in [6.07, 6.45) is 1.96. The first-order valence-electron chi connectivity index (χ1n) is 8.78. The van der Waals surface area contributed by atoms with Gasteiger partial charge in [-0.3, -0.25) is 4.79 Å². The predicted octanol–water partition coefficient (Wildman–Crippen LogP) is 3.90. The summed E-state index contributed by atoms with van der Waals surface area (Å²) in [5, 5.41) is 12.3. The first-order valence-corrected chi connectivity index (χ1v) is 8.78. The molecule has 0 unspecified atom stereocenters. The maximum Gasteiger partial charge on any atom is 0.320 e. The summed E-state index contributed by atoms with van der Waals surface area (Å²) in [4.78, 5) is 11.2. The summed E-state index contributed by atoms with van der Waals surface area (Å²) in [6, 6.07) is 17.6. The zero-order valence-electron chi connectivity index (χ0n) is 14.9. The zero-order valence-corrected chi connectivity index (χ0v) is 14.9. The van der Waals surface area contributed by atoms with Gasteiger partial charge in [-0.05, 0) is 42.0 Å². The molecule has 2 aromatic rings. The van der Waals surface area contributed by atoms with Crippen LogP contribution in [0.15, 0.2) is 54.6 Å². The summed E-state index contributed by atoms with van der Waals surface area (Å²) in [7, 11) is 0. The normalized spacial score (nSPS) is 12.1. The van der Waals surface area contributed by atoms with Crippen LogP contribution in [0.25, 0.3) is 0 Å². The second-order valence-electron chi connectivity index (χ2n) is 6.53. The number of benzene rings is 2. The molecule has 0 spiro atoms. The van der Waals surface area contributed by atoms with Crippen LogP contribution in [0, 0.1) is 5.92 Å². The summed E-state index contributed by atoms with van der Waals surface area (Å²) in [5.74, 6) is 0.0435. The van der Waals surface area contributed by atoms with E-state index in [1.54, 1.807) is 0 Å². The minimum atomic E-state index is -0.816. The maximum atomic E-state index is 11.2. The fourth-order valence-electron chi connectivity index (χ4n) is 2.69. The van der Waals surface area contributed by atoms with Gasteiger partial charge in [0.1, 0.15) is 11.8 Å². The fourth-order valence-corrected chi connectivity index (χ4v) is 2.69. The molecule has 1 atom stereocenters. The van der Waals surface area contributed by atoms with Crippen LogP contribution in [0.1, 0.15) is 31.4 Å². The summed E-state index contributed by atoms with van der Waals surface area (Å²) in [5.41, 5.74) is 2.34. The maximum absolute atomic E-state index is 11.2. The van der Waals surface area contributed by atoms with Crippen molar-refractivity contribution >= 4 is 5.97 Å². The Morgan fingerprint density at radius 3 is 2.48 bits per heavy atom. The van der Waals surface area contributed by atoms with E-state index in [2.05, 4.69) is 17.4 Å². The number of hydrogen-bond donors (Lipinski definition) is 2. The van der Waals surface area contributed by atoms with Crippen LogP contribution in [0.4, 0.5) is 0 Å². The third kappa shape index (κ3) is 6.59. The van der Waals surface area contributed by atoms with Gasteiger partial charge < -0.3 is 15.2 Å². The number of hydrogen-bond acceptors (Lipinski definition) is 3. The van der Waals surface area contributed by atoms with Crippen molar-refractivity contribution in [1.82, 2.24) is 5.32 Å². The molecular weight excluding hydrogens is 314 g/mol. The molecule has 2 rings (SSSR count). The van der Waals surface area contributed by atoms with Crippen molar-refractivity contribution < 1.29 is 14.6 Å². The lowest BCUT2D eigenvalue weighted by Crippen LogP contribution is -2.40. The van der Waals surface area contributed by atoms with Crippen LogP contribution in [0.5, 0.6) is 5.75 Å². The molecule has 0 fully saturated rings. The van der Waals surface area contributed by atoms with Gasteiger partial charge in [0.2, 0.25) is 0 Å². The Bertz CT molecular complexity index is 655. The number of aliphatic carboxylic acids is 1. The second kappa shape index (κ2) is 9.84. The SMILES string of the molecule is CC(C)[C@H](NCc1cccc(OCCCc2ccccc2)c1)C(=O)O. The molecule has 0 bridgehead atoms. The van der Waals surface area contributed by atoms with E-state index in [1.807, 2.05) is 56.3 Å². The van der Waals surface area contributed by atoms with Crippen LogP contribution in [-0.2, 0) is 17.8 Å². The minimum absolute atomic E-state index is 0.0370. The van der Waals surface area contributed by atoms with Crippen molar-refractivity contribution in [3.63, 3.8) is 0 Å². The van der Waals surface area contributed by atoms with Crippen LogP contribution >= 0.6 is 0 Å². The Morgan fingerprint density at radius 2 is 1.80 bits per heavy atom. The standard InChI is InChI=1S/C21H27NO3/c1-16(2)20(21(23)24)22-15-18-10-6-12-19(14-18)25-13-7-11-17-8-4-3-5-9-17/h3-6,8-10,12,14,16,20,22H,7,11,13,15H2,1-2H3,(H,23,24)/t20-/m0/s1. The predicted molar refractivity (Wildman–Crippen MR) is 99.8 cm³/mol. The summed E-state index contributed by atoms with van der Waals surface area (Å²) >= 11 is 0. The van der Waals surface area contributed by atoms with Crippen LogP contribution in [-0.4, -0.2) is 23.7 Å². The molecule has 134 valence electrons. The molecule has 0 aliphatic carbocycles. The molecule has 0 radical (unpaired) electrons. The monoisotopic (exact) mass is 341 g/mol. The highest BCUT2D eigenvalue weighted by atomic mass is 16.5. The van der Waals surface area contributed by atoms with Crippen molar-refractivity contribution in [3.05, 3.63) is 65.7 Å². The van der Waals surface area contributed by atoms with Crippen molar-refractivity contribution in [1.29, 1.82) is 0 Å². The number of aryl methyl sites for hydroxylation is 1. The zero-order chi connectivity index (χ0) is 18.1. The molecule has 0 aliphatic rings. The highest BCUT2D eigenvalue weighted by Gasteiger charge is 2.20. The second-order valence-corrected chi connectivity index (χ2v) is 6.53. The van der Waals surface area contributed by atoms with Crippen molar-refractivity contribution in [2.45, 2.75) is 39.3 Å². The van der Waals surface area contributed by atoms with Gasteiger partial charge in [0.15, 0.2) is 0 Å². The number of carboxylic acid groups (broad SMARTS) is 1. The largest absolute Gasteiger partial charge is 0.494 e. The van der Waals surface area contributed by atoms with Gasteiger partial charge in [-0.1, -0.05) is 56.3 Å². The molecule has 4 heteroatoms. The Labute approximate surface area is 149 Å². The molecular formula is C21H27NO3. The molecule has 2 N–H and O–H groups in total. The van der Waals surface area contributed by atoms with Crippen molar-refractivity contribution in [2.75, 3.05) is 6.61 Å². The molecule has 0 saturated heterocycles. The summed E-state index contributed by atoms with van der Waals surface area (Å²) < 4.78 is 5.83. The molecule has 25 heavy (non-hydrogen) atoms. The summed E-state index contributed by atoms with van der Waals surface area (Å²) in [6.45, 7) is 4.97. The van der Waals surface area contributed by atoms with E-state index in [1.165, 1.54) is 5.56 Å². The number of ether oxygens (including phenoxy) is 1. The minimum Gasteiger partial charge on any atom is -0.494 e. The smallest absolute Gasteiger partial charge is 0.320 e. The van der Waals surface area contributed by atoms with Crippen molar-refractivity contribution in [3.8, 4) is 5.75 Å². The number of carbonyl (C=O) groups is 1. The third-order valence-electron chi connectivity index (χ3n) is 4.08. The molecule has 2 aromatic carbocycles. The molecule has 0 saturated carbocycles. The van der Waals surface area contributed by atoms with Gasteiger partial charge in [-0.15, -0.1) is 0 Å². The lowest BCUT2D eigenvalue weighted by atomic mass is 10.0. The van der Waals surface area contributed by atoms with Gasteiger partial charge in [0, 0.05) is 6.54 Å². The topological polar surface area (TPSA) is 58.6 Å². The van der Waals surface area contributed by atoms with Gasteiger partial charge >= 0.3 is 5.97 Å². The van der Waals surface area contributed by atoms with Crippen LogP contribution in [0.3, 0.4) is 0 Å². The number of carboxylic acids is 1. The first-order chi connectivity index (χ1) is 12.1. The number of nitrogens with one attached hydrogen (secondary N) is 1. The highest BCUT2D eigenvalue weighted by Crippen LogP contribution is 2.15. The average molecular weight is 341 g/mol. The van der Waals surface area contributed by atoms with E-state index in [9.17, 15) is 9.90 Å². The molecule has 4 nitrogen and oxygen atoms in total. The van der Waals surface area contributed by atoms with Gasteiger partial charge in [0.25, 0.3) is 0 Å². The fraction of sp³-hybridized carbons (Fsp3) is 0.381. The Balaban J connectivity index is 1.79. The van der Waals surface area contributed by atoms with E-state index in [-0.39, 0.29) is 5.92 Å². The Kier molecular flexibility index (Phi) is 7.48. The van der Waals surface area contributed by atoms with Crippen LogP contribution < -0.4 is 10.1 Å². The van der Waals surface area contributed by atoms with Gasteiger partial charge in [0.05, 0.1) is 6.61 Å². The molecule has 0 amide bonds. The van der Waals surface area contributed by atoms with Gasteiger partial charge in [-0.25, -0.2) is 0 Å². The highest BCUT2D eigenvalue weighted by molar-refractivity contribution is 5.73. The Hall–Kier alpha value is -2.33. The van der Waals surface area contributed by atoms with E-state index in [4.69, 9.17) is 4.74 Å². The average Bonchev–Trinajstić information content (AvgIpc) is 2.59. The van der Waals surface area contributed by atoms with Crippen LogP contribution in [0.2, 0.25) is 0 Å². The quantitative estimate of drug-likeness (QED) is 0.644. The molecule has 0 aliphatic heterocycles. The van der Waals surface area contributed by atoms with E-state index in [0.717, 1.165) is 24.2 Å². The third-order valence-corrected chi connectivity index (χ3v) is 4.08. The van der Waals surface area contributed by atoms with E-state index >= 15 is 0 Å². The lowest BCUT2D eigenvalue weighted by Gasteiger charge is -2.18. The lowest BCUT2D eigenvalue weighted by molar-refractivity contribution is -0.140. The molecule has 0 aromatic heterocycles.